The van der Waals surface area contributed by atoms with Crippen LogP contribution >= 0.6 is 27.7 Å². The van der Waals surface area contributed by atoms with Crippen LogP contribution in [0, 0.1) is 0 Å². The van der Waals surface area contributed by atoms with Crippen molar-refractivity contribution in [2.75, 3.05) is 6.26 Å². The molecular formula is C13H13BrN2OS. The van der Waals surface area contributed by atoms with E-state index < -0.39 is 0 Å². The Kier molecular flexibility index (Phi) is 4.24. The largest absolute Gasteiger partial charge is 0.306 e. The summed E-state index contributed by atoms with van der Waals surface area (Å²) in [5.74, 6) is 0.618. The molecule has 0 radical (unpaired) electrons. The van der Waals surface area contributed by atoms with E-state index in [9.17, 15) is 4.79 Å². The molecule has 0 amide bonds. The Balaban J connectivity index is 2.50. The van der Waals surface area contributed by atoms with Crippen LogP contribution in [0.1, 0.15) is 12.6 Å². The molecule has 1 aromatic carbocycles. The minimum atomic E-state index is -0.134. The molecule has 0 aliphatic heterocycles. The van der Waals surface area contributed by atoms with E-state index in [1.54, 1.807) is 11.8 Å². The zero-order valence-electron chi connectivity index (χ0n) is 10.2. The minimum absolute atomic E-state index is 0.134. The predicted octanol–water partition coefficient (Wildman–Crippen LogP) is 3.48. The van der Waals surface area contributed by atoms with Crippen LogP contribution in [0.2, 0.25) is 0 Å². The lowest BCUT2D eigenvalue weighted by molar-refractivity contribution is 0.970. The van der Waals surface area contributed by atoms with E-state index in [4.69, 9.17) is 0 Å². The molecule has 1 N–H and O–H groups in total. The minimum Gasteiger partial charge on any atom is -0.306 e. The van der Waals surface area contributed by atoms with Gasteiger partial charge in [0, 0.05) is 10.5 Å². The van der Waals surface area contributed by atoms with E-state index in [1.165, 1.54) is 4.90 Å². The molecule has 5 heteroatoms. The number of aromatic amines is 1. The number of hydrogen-bond acceptors (Lipinski definition) is 3. The number of rotatable bonds is 3. The van der Waals surface area contributed by atoms with Crippen molar-refractivity contribution >= 4 is 27.7 Å². The smallest absolute Gasteiger partial charge is 0.265 e. The quantitative estimate of drug-likeness (QED) is 0.879. The van der Waals surface area contributed by atoms with Gasteiger partial charge in [0.25, 0.3) is 5.56 Å². The monoisotopic (exact) mass is 324 g/mol. The molecule has 3 nitrogen and oxygen atoms in total. The highest BCUT2D eigenvalue weighted by molar-refractivity contribution is 9.10. The van der Waals surface area contributed by atoms with Gasteiger partial charge >= 0.3 is 0 Å². The third-order valence-electron chi connectivity index (χ3n) is 2.63. The Morgan fingerprint density at radius 3 is 2.56 bits per heavy atom. The fraction of sp³-hybridized carbons (Fsp3) is 0.231. The lowest BCUT2D eigenvalue weighted by atomic mass is 10.2. The predicted molar refractivity (Wildman–Crippen MR) is 79.2 cm³/mol. The third kappa shape index (κ3) is 2.67. The highest BCUT2D eigenvalue weighted by Crippen LogP contribution is 2.21. The Hall–Kier alpha value is -1.07. The van der Waals surface area contributed by atoms with Gasteiger partial charge in [-0.15, -0.1) is 11.8 Å². The van der Waals surface area contributed by atoms with Crippen molar-refractivity contribution in [3.05, 3.63) is 44.8 Å². The number of H-pyrrole nitrogens is 1. The van der Waals surface area contributed by atoms with Crippen molar-refractivity contribution in [3.63, 3.8) is 0 Å². The van der Waals surface area contributed by atoms with Gasteiger partial charge in [0.1, 0.15) is 10.3 Å². The molecule has 94 valence electrons. The van der Waals surface area contributed by atoms with Crippen LogP contribution in [-0.2, 0) is 6.42 Å². The van der Waals surface area contributed by atoms with Crippen LogP contribution in [0.15, 0.2) is 38.4 Å². The molecule has 18 heavy (non-hydrogen) atoms. The van der Waals surface area contributed by atoms with E-state index >= 15 is 0 Å². The van der Waals surface area contributed by atoms with Crippen LogP contribution < -0.4 is 5.56 Å². The van der Waals surface area contributed by atoms with Crippen LogP contribution in [0.5, 0.6) is 0 Å². The van der Waals surface area contributed by atoms with Crippen molar-refractivity contribution < 1.29 is 0 Å². The summed E-state index contributed by atoms with van der Waals surface area (Å²) in [6.07, 6.45) is 2.75. The Bertz CT molecular complexity index is 607. The summed E-state index contributed by atoms with van der Waals surface area (Å²) in [4.78, 5) is 20.2. The maximum absolute atomic E-state index is 11.8. The van der Waals surface area contributed by atoms with Crippen molar-refractivity contribution in [2.24, 2.45) is 0 Å². The van der Waals surface area contributed by atoms with Gasteiger partial charge in [-0.1, -0.05) is 19.1 Å². The molecule has 0 unspecified atom stereocenters. The van der Waals surface area contributed by atoms with Crippen LogP contribution in [0.4, 0.5) is 0 Å². The topological polar surface area (TPSA) is 45.8 Å². The zero-order chi connectivity index (χ0) is 13.1. The van der Waals surface area contributed by atoms with Crippen molar-refractivity contribution in [1.82, 2.24) is 9.97 Å². The first kappa shape index (κ1) is 13.4. The number of aryl methyl sites for hydroxylation is 1. The highest BCUT2D eigenvalue weighted by atomic mass is 79.9. The third-order valence-corrected chi connectivity index (χ3v) is 4.19. The van der Waals surface area contributed by atoms with E-state index in [0.29, 0.717) is 10.3 Å². The van der Waals surface area contributed by atoms with Gasteiger partial charge in [-0.3, -0.25) is 4.79 Å². The lowest BCUT2D eigenvalue weighted by Gasteiger charge is -2.05. The molecule has 0 aliphatic carbocycles. The number of thioether (sulfide) groups is 1. The van der Waals surface area contributed by atoms with Crippen molar-refractivity contribution in [1.29, 1.82) is 0 Å². The van der Waals surface area contributed by atoms with Gasteiger partial charge in [0.15, 0.2) is 0 Å². The molecule has 2 rings (SSSR count). The molecule has 2 aromatic rings. The van der Waals surface area contributed by atoms with E-state index in [1.807, 2.05) is 37.4 Å². The molecular weight excluding hydrogens is 312 g/mol. The second-order valence-electron chi connectivity index (χ2n) is 3.76. The second-order valence-corrected chi connectivity index (χ2v) is 5.43. The summed E-state index contributed by atoms with van der Waals surface area (Å²) < 4.78 is 0.523. The number of nitrogens with one attached hydrogen (secondary N) is 1. The summed E-state index contributed by atoms with van der Waals surface area (Å²) in [7, 11) is 0. The number of aromatic nitrogens is 2. The average molecular weight is 325 g/mol. The highest BCUT2D eigenvalue weighted by Gasteiger charge is 2.08. The number of nitrogens with zero attached hydrogens (tertiary/aromatic N) is 1. The van der Waals surface area contributed by atoms with Gasteiger partial charge in [-0.05, 0) is 40.7 Å². The van der Waals surface area contributed by atoms with Gasteiger partial charge in [0.05, 0.1) is 5.69 Å². The molecule has 0 saturated heterocycles. The molecule has 0 atom stereocenters. The second kappa shape index (κ2) is 5.71. The summed E-state index contributed by atoms with van der Waals surface area (Å²) in [6.45, 7) is 1.98. The molecule has 0 spiro atoms. The van der Waals surface area contributed by atoms with Crippen molar-refractivity contribution in [3.8, 4) is 11.4 Å². The van der Waals surface area contributed by atoms with Crippen molar-refractivity contribution in [2.45, 2.75) is 18.2 Å². The van der Waals surface area contributed by atoms with E-state index in [-0.39, 0.29) is 5.56 Å². The van der Waals surface area contributed by atoms with Gasteiger partial charge in [0.2, 0.25) is 0 Å². The molecule has 0 saturated carbocycles. The van der Waals surface area contributed by atoms with Gasteiger partial charge < -0.3 is 4.98 Å². The lowest BCUT2D eigenvalue weighted by Crippen LogP contribution is -2.13. The fourth-order valence-corrected chi connectivity index (χ4v) is 2.50. The Labute approximate surface area is 118 Å². The first-order chi connectivity index (χ1) is 8.65. The molecule has 1 heterocycles. The summed E-state index contributed by atoms with van der Waals surface area (Å²) in [5, 5.41) is 0. The molecule has 1 aromatic heterocycles. The SMILES string of the molecule is CCc1nc(-c2ccc(SC)cc2)[nH]c(=O)c1Br. The normalized spacial score (nSPS) is 10.6. The standard InChI is InChI=1S/C13H13BrN2OS/c1-3-10-11(14)13(17)16-12(15-10)8-4-6-9(18-2)7-5-8/h4-7H,3H2,1-2H3,(H,15,16,17). The zero-order valence-corrected chi connectivity index (χ0v) is 12.6. The molecule has 0 bridgehead atoms. The Morgan fingerprint density at radius 2 is 2.00 bits per heavy atom. The summed E-state index contributed by atoms with van der Waals surface area (Å²) in [5.41, 5.74) is 1.57. The summed E-state index contributed by atoms with van der Waals surface area (Å²) in [6, 6.07) is 7.98. The van der Waals surface area contributed by atoms with E-state index in [0.717, 1.165) is 17.7 Å². The first-order valence-electron chi connectivity index (χ1n) is 5.58. The molecule has 0 aliphatic rings. The van der Waals surface area contributed by atoms with Crippen LogP contribution in [-0.4, -0.2) is 16.2 Å². The average Bonchev–Trinajstić information content (AvgIpc) is 2.42. The number of halogens is 1. The van der Waals surface area contributed by atoms with Crippen LogP contribution in [0.3, 0.4) is 0 Å². The maximum Gasteiger partial charge on any atom is 0.265 e. The first-order valence-corrected chi connectivity index (χ1v) is 7.60. The fourth-order valence-electron chi connectivity index (χ4n) is 1.63. The maximum atomic E-state index is 11.8. The van der Waals surface area contributed by atoms with Gasteiger partial charge in [-0.2, -0.15) is 0 Å². The number of hydrogen-bond donors (Lipinski definition) is 1. The number of benzene rings is 1. The van der Waals surface area contributed by atoms with Gasteiger partial charge in [-0.25, -0.2) is 4.98 Å². The molecule has 0 fully saturated rings. The Morgan fingerprint density at radius 1 is 1.33 bits per heavy atom. The summed E-state index contributed by atoms with van der Waals surface area (Å²) >= 11 is 4.95. The van der Waals surface area contributed by atoms with Crippen LogP contribution in [0.25, 0.3) is 11.4 Å². The van der Waals surface area contributed by atoms with E-state index in [2.05, 4.69) is 25.9 Å².